The summed E-state index contributed by atoms with van der Waals surface area (Å²) in [5.41, 5.74) is 1.16. The maximum Gasteiger partial charge on any atom is 0.318 e. The minimum Gasteiger partial charge on any atom is -0.436 e. The van der Waals surface area contributed by atoms with Crippen LogP contribution in [0.3, 0.4) is 0 Å². The van der Waals surface area contributed by atoms with Crippen LogP contribution in [0.2, 0.25) is 25.7 Å². The summed E-state index contributed by atoms with van der Waals surface area (Å²) in [6, 6.07) is 6.76. The van der Waals surface area contributed by atoms with Gasteiger partial charge in [-0.15, -0.1) is 0 Å². The van der Waals surface area contributed by atoms with Crippen LogP contribution in [0.15, 0.2) is 28.7 Å². The minimum atomic E-state index is -1.73. The largest absolute Gasteiger partial charge is 0.436 e. The van der Waals surface area contributed by atoms with Gasteiger partial charge in [0.15, 0.2) is 5.58 Å². The Kier molecular flexibility index (Phi) is 7.91. The molecule has 2 N–H and O–H groups in total. The quantitative estimate of drug-likeness (QED) is 0.461. The van der Waals surface area contributed by atoms with Crippen molar-refractivity contribution >= 4 is 31.1 Å². The first-order valence-corrected chi connectivity index (χ1v) is 14.9. The van der Waals surface area contributed by atoms with Gasteiger partial charge in [0.2, 0.25) is 18.0 Å². The molecule has 1 aromatic carbocycles. The van der Waals surface area contributed by atoms with Crippen LogP contribution >= 0.6 is 0 Å². The van der Waals surface area contributed by atoms with Crippen LogP contribution in [0.4, 0.5) is 4.79 Å². The van der Waals surface area contributed by atoms with E-state index in [9.17, 15) is 14.7 Å². The van der Waals surface area contributed by atoms with Crippen molar-refractivity contribution in [1.82, 2.24) is 20.1 Å². The number of aliphatic hydroxyl groups is 1. The molecule has 3 rings (SSSR count). The SMILES string of the molecule is CCCN(C(=O)[C@H](C[Si](C)(C)C)NC(=O)N1CCOCC1)[C@@H](O)c1nc2ccccc2o1. The van der Waals surface area contributed by atoms with E-state index in [0.29, 0.717) is 56.4 Å². The van der Waals surface area contributed by atoms with Crippen LogP contribution in [0, 0.1) is 0 Å². The number of benzene rings is 1. The van der Waals surface area contributed by atoms with E-state index >= 15 is 0 Å². The third kappa shape index (κ3) is 6.08. The molecule has 0 radical (unpaired) electrons. The molecule has 176 valence electrons. The molecule has 1 aliphatic heterocycles. The summed E-state index contributed by atoms with van der Waals surface area (Å²) in [7, 11) is -1.73. The molecule has 10 heteroatoms. The Morgan fingerprint density at radius 2 is 1.94 bits per heavy atom. The molecule has 0 aliphatic carbocycles. The zero-order valence-corrected chi connectivity index (χ0v) is 20.3. The standard InChI is InChI=1S/C22H34N4O5Si/c1-5-10-26(21(28)19-23-16-8-6-7-9-18(16)31-19)20(27)17(15-32(2,3)4)24-22(29)25-11-13-30-14-12-25/h6-9,17,21,28H,5,10-15H2,1-4H3,(H,24,29)/t17-,21-/m0/s1. The molecule has 0 unspecified atom stereocenters. The summed E-state index contributed by atoms with van der Waals surface area (Å²) >= 11 is 0. The summed E-state index contributed by atoms with van der Waals surface area (Å²) in [5, 5.41) is 14.0. The molecular weight excluding hydrogens is 428 g/mol. The second-order valence-corrected chi connectivity index (χ2v) is 14.8. The van der Waals surface area contributed by atoms with Gasteiger partial charge < -0.3 is 29.4 Å². The minimum absolute atomic E-state index is 0.0688. The third-order valence-corrected chi connectivity index (χ3v) is 6.92. The van der Waals surface area contributed by atoms with Gasteiger partial charge in [0.05, 0.1) is 13.2 Å². The Morgan fingerprint density at radius 3 is 2.56 bits per heavy atom. The number of carbonyl (C=O) groups is 2. The van der Waals surface area contributed by atoms with Crippen LogP contribution < -0.4 is 5.32 Å². The molecule has 32 heavy (non-hydrogen) atoms. The molecule has 1 aromatic heterocycles. The zero-order valence-electron chi connectivity index (χ0n) is 19.3. The number of oxazole rings is 1. The van der Waals surface area contributed by atoms with Gasteiger partial charge in [-0.3, -0.25) is 4.79 Å². The molecule has 1 fully saturated rings. The number of amides is 3. The van der Waals surface area contributed by atoms with E-state index in [4.69, 9.17) is 9.15 Å². The summed E-state index contributed by atoms with van der Waals surface area (Å²) in [4.78, 5) is 33.8. The van der Waals surface area contributed by atoms with E-state index in [1.165, 1.54) is 4.90 Å². The van der Waals surface area contributed by atoms with E-state index in [1.807, 2.05) is 19.1 Å². The van der Waals surface area contributed by atoms with Gasteiger partial charge in [0, 0.05) is 27.7 Å². The molecular formula is C22H34N4O5Si. The molecule has 1 aliphatic rings. The molecule has 3 amide bonds. The van der Waals surface area contributed by atoms with Crippen molar-refractivity contribution in [2.24, 2.45) is 0 Å². The summed E-state index contributed by atoms with van der Waals surface area (Å²) in [6.07, 6.45) is -0.695. The van der Waals surface area contributed by atoms with Gasteiger partial charge in [0.25, 0.3) is 0 Å². The number of morpholine rings is 1. The molecule has 2 aromatic rings. The number of para-hydroxylation sites is 2. The Labute approximate surface area is 189 Å². The lowest BCUT2D eigenvalue weighted by Crippen LogP contribution is -2.56. The van der Waals surface area contributed by atoms with Gasteiger partial charge >= 0.3 is 6.03 Å². The zero-order chi connectivity index (χ0) is 23.3. The lowest BCUT2D eigenvalue weighted by Gasteiger charge is -2.34. The van der Waals surface area contributed by atoms with Crippen molar-refractivity contribution in [3.63, 3.8) is 0 Å². The number of nitrogens with one attached hydrogen (secondary N) is 1. The Bertz CT molecular complexity index is 889. The maximum atomic E-state index is 13.6. The van der Waals surface area contributed by atoms with Gasteiger partial charge in [-0.2, -0.15) is 0 Å². The highest BCUT2D eigenvalue weighted by atomic mass is 28.3. The fraction of sp³-hybridized carbons (Fsp3) is 0.591. The van der Waals surface area contributed by atoms with Crippen LogP contribution in [-0.4, -0.2) is 78.8 Å². The van der Waals surface area contributed by atoms with Gasteiger partial charge in [-0.25, -0.2) is 9.78 Å². The van der Waals surface area contributed by atoms with Crippen LogP contribution in [0.5, 0.6) is 0 Å². The van der Waals surface area contributed by atoms with E-state index in [0.717, 1.165) is 0 Å². The lowest BCUT2D eigenvalue weighted by atomic mass is 10.2. The second-order valence-electron chi connectivity index (χ2n) is 9.29. The lowest BCUT2D eigenvalue weighted by molar-refractivity contribution is -0.145. The van der Waals surface area contributed by atoms with Crippen molar-refractivity contribution in [1.29, 1.82) is 0 Å². The number of urea groups is 1. The first kappa shape index (κ1) is 24.2. The van der Waals surface area contributed by atoms with Crippen LogP contribution in [-0.2, 0) is 9.53 Å². The van der Waals surface area contributed by atoms with E-state index in [-0.39, 0.29) is 17.8 Å². The monoisotopic (exact) mass is 462 g/mol. The molecule has 0 bridgehead atoms. The summed E-state index contributed by atoms with van der Waals surface area (Å²) in [6.45, 7) is 10.6. The predicted molar refractivity (Wildman–Crippen MR) is 124 cm³/mol. The van der Waals surface area contributed by atoms with Crippen molar-refractivity contribution < 1.29 is 23.8 Å². The number of rotatable bonds is 8. The van der Waals surface area contributed by atoms with Gasteiger partial charge in [-0.05, 0) is 24.6 Å². The van der Waals surface area contributed by atoms with Crippen LogP contribution in [0.1, 0.15) is 25.5 Å². The summed E-state index contributed by atoms with van der Waals surface area (Å²) < 4.78 is 11.0. The fourth-order valence-corrected chi connectivity index (χ4v) is 5.25. The normalized spacial score (nSPS) is 16.6. The summed E-state index contributed by atoms with van der Waals surface area (Å²) in [5.74, 6) is -0.259. The number of hydrogen-bond acceptors (Lipinski definition) is 6. The van der Waals surface area contributed by atoms with Crippen molar-refractivity contribution in [3.05, 3.63) is 30.2 Å². The number of aromatic nitrogens is 1. The van der Waals surface area contributed by atoms with Crippen LogP contribution in [0.25, 0.3) is 11.1 Å². The predicted octanol–water partition coefficient (Wildman–Crippen LogP) is 2.81. The van der Waals surface area contributed by atoms with Gasteiger partial charge in [-0.1, -0.05) is 38.7 Å². The number of hydrogen-bond donors (Lipinski definition) is 2. The molecule has 2 heterocycles. The highest BCUT2D eigenvalue weighted by molar-refractivity contribution is 6.76. The van der Waals surface area contributed by atoms with Gasteiger partial charge in [0.1, 0.15) is 11.6 Å². The Morgan fingerprint density at radius 1 is 1.25 bits per heavy atom. The second kappa shape index (κ2) is 10.5. The average Bonchev–Trinajstić information content (AvgIpc) is 3.20. The molecule has 1 saturated heterocycles. The number of fused-ring (bicyclic) bond motifs is 1. The highest BCUT2D eigenvalue weighted by Gasteiger charge is 2.36. The molecule has 0 spiro atoms. The molecule has 2 atom stereocenters. The number of ether oxygens (including phenoxy) is 1. The third-order valence-electron chi connectivity index (χ3n) is 5.28. The Balaban J connectivity index is 1.83. The van der Waals surface area contributed by atoms with Crippen molar-refractivity contribution in [2.75, 3.05) is 32.8 Å². The first-order chi connectivity index (χ1) is 15.2. The smallest absolute Gasteiger partial charge is 0.318 e. The topological polar surface area (TPSA) is 108 Å². The average molecular weight is 463 g/mol. The highest BCUT2D eigenvalue weighted by Crippen LogP contribution is 2.25. The van der Waals surface area contributed by atoms with E-state index in [2.05, 4.69) is 29.9 Å². The number of nitrogens with zero attached hydrogens (tertiary/aromatic N) is 3. The molecule has 9 nitrogen and oxygen atoms in total. The number of carbonyl (C=O) groups excluding carboxylic acids is 2. The van der Waals surface area contributed by atoms with Crippen molar-refractivity contribution in [3.8, 4) is 0 Å². The Hall–Kier alpha value is -2.43. The van der Waals surface area contributed by atoms with E-state index < -0.39 is 20.3 Å². The van der Waals surface area contributed by atoms with E-state index in [1.54, 1.807) is 17.0 Å². The number of aliphatic hydroxyl groups excluding tert-OH is 1. The maximum absolute atomic E-state index is 13.6. The van der Waals surface area contributed by atoms with Crippen molar-refractivity contribution in [2.45, 2.75) is 51.3 Å². The molecule has 0 saturated carbocycles. The fourth-order valence-electron chi connectivity index (χ4n) is 3.75. The first-order valence-electron chi connectivity index (χ1n) is 11.2.